The minimum atomic E-state index is -0.189. The topological polar surface area (TPSA) is 77.2 Å². The molecule has 27 heavy (non-hydrogen) atoms. The molecule has 0 fully saturated rings. The molecule has 6 heteroatoms. The number of aromatic nitrogens is 2. The van der Waals surface area contributed by atoms with E-state index in [2.05, 4.69) is 29.3 Å². The van der Waals surface area contributed by atoms with Crippen LogP contribution in [0.2, 0.25) is 0 Å². The van der Waals surface area contributed by atoms with Gasteiger partial charge in [-0.1, -0.05) is 49.3 Å². The lowest BCUT2D eigenvalue weighted by Crippen LogP contribution is -2.21. The summed E-state index contributed by atoms with van der Waals surface area (Å²) in [6, 6.07) is 13.4. The maximum atomic E-state index is 12.4. The lowest BCUT2D eigenvalue weighted by atomic mass is 10.0. The SMILES string of the molecule is CCc1cccc(CC)c1NC(=O)COc1cccc(-c2noc(C)n2)c1. The Morgan fingerprint density at radius 2 is 1.81 bits per heavy atom. The summed E-state index contributed by atoms with van der Waals surface area (Å²) in [4.78, 5) is 16.6. The van der Waals surface area contributed by atoms with E-state index < -0.39 is 0 Å². The summed E-state index contributed by atoms with van der Waals surface area (Å²) in [5.41, 5.74) is 3.91. The first kappa shape index (κ1) is 18.6. The van der Waals surface area contributed by atoms with E-state index in [1.807, 2.05) is 30.3 Å². The number of ether oxygens (including phenoxy) is 1. The van der Waals surface area contributed by atoms with Crippen molar-refractivity contribution in [2.45, 2.75) is 33.6 Å². The van der Waals surface area contributed by atoms with Crippen molar-refractivity contribution in [3.63, 3.8) is 0 Å². The van der Waals surface area contributed by atoms with Crippen LogP contribution in [0.15, 0.2) is 47.0 Å². The van der Waals surface area contributed by atoms with Crippen molar-refractivity contribution in [1.29, 1.82) is 0 Å². The van der Waals surface area contributed by atoms with E-state index in [0.717, 1.165) is 35.2 Å². The molecule has 0 saturated carbocycles. The number of nitrogens with zero attached hydrogens (tertiary/aromatic N) is 2. The largest absolute Gasteiger partial charge is 0.484 e. The smallest absolute Gasteiger partial charge is 0.262 e. The van der Waals surface area contributed by atoms with E-state index in [-0.39, 0.29) is 12.5 Å². The highest BCUT2D eigenvalue weighted by Gasteiger charge is 2.11. The number of nitrogens with one attached hydrogen (secondary N) is 1. The van der Waals surface area contributed by atoms with Crippen LogP contribution in [0.25, 0.3) is 11.4 Å². The fourth-order valence-electron chi connectivity index (χ4n) is 2.87. The number of para-hydroxylation sites is 1. The van der Waals surface area contributed by atoms with Crippen molar-refractivity contribution in [2.75, 3.05) is 11.9 Å². The molecule has 3 aromatic rings. The lowest BCUT2D eigenvalue weighted by Gasteiger charge is -2.14. The Bertz CT molecular complexity index is 912. The van der Waals surface area contributed by atoms with Crippen LogP contribution in [0.3, 0.4) is 0 Å². The summed E-state index contributed by atoms with van der Waals surface area (Å²) in [6.45, 7) is 5.81. The molecule has 0 aliphatic rings. The second kappa shape index (κ2) is 8.49. The first-order chi connectivity index (χ1) is 13.1. The van der Waals surface area contributed by atoms with E-state index in [1.165, 1.54) is 0 Å². The van der Waals surface area contributed by atoms with Crippen LogP contribution in [0, 0.1) is 6.92 Å². The zero-order chi connectivity index (χ0) is 19.2. The third-order valence-electron chi connectivity index (χ3n) is 4.25. The zero-order valence-electron chi connectivity index (χ0n) is 15.8. The van der Waals surface area contributed by atoms with Crippen LogP contribution in [0.4, 0.5) is 5.69 Å². The molecule has 0 atom stereocenters. The number of rotatable bonds is 7. The summed E-state index contributed by atoms with van der Waals surface area (Å²) in [7, 11) is 0. The fourth-order valence-corrected chi connectivity index (χ4v) is 2.87. The van der Waals surface area contributed by atoms with Crippen molar-refractivity contribution >= 4 is 11.6 Å². The monoisotopic (exact) mass is 365 g/mol. The van der Waals surface area contributed by atoms with E-state index in [0.29, 0.717) is 17.5 Å². The molecule has 0 saturated heterocycles. The standard InChI is InChI=1S/C21H23N3O3/c1-4-15-8-6-9-16(5-2)20(15)23-19(25)13-26-18-11-7-10-17(12-18)21-22-14(3)27-24-21/h6-12H,4-5,13H2,1-3H3,(H,23,25). The number of hydrogen-bond acceptors (Lipinski definition) is 5. The molecule has 0 unspecified atom stereocenters. The molecule has 6 nitrogen and oxygen atoms in total. The molecule has 0 aliphatic heterocycles. The van der Waals surface area contributed by atoms with Crippen LogP contribution >= 0.6 is 0 Å². The van der Waals surface area contributed by atoms with Gasteiger partial charge in [0.1, 0.15) is 5.75 Å². The number of hydrogen-bond donors (Lipinski definition) is 1. The van der Waals surface area contributed by atoms with Gasteiger partial charge in [-0.05, 0) is 36.1 Å². The van der Waals surface area contributed by atoms with Crippen LogP contribution in [-0.4, -0.2) is 22.7 Å². The first-order valence-electron chi connectivity index (χ1n) is 9.04. The van der Waals surface area contributed by atoms with Gasteiger partial charge in [0, 0.05) is 18.2 Å². The lowest BCUT2D eigenvalue weighted by molar-refractivity contribution is -0.118. The maximum absolute atomic E-state index is 12.4. The van der Waals surface area contributed by atoms with Crippen molar-refractivity contribution in [1.82, 2.24) is 10.1 Å². The van der Waals surface area contributed by atoms with Gasteiger partial charge in [-0.25, -0.2) is 0 Å². The number of aryl methyl sites for hydroxylation is 3. The van der Waals surface area contributed by atoms with Crippen LogP contribution in [-0.2, 0) is 17.6 Å². The molecule has 0 aliphatic carbocycles. The summed E-state index contributed by atoms with van der Waals surface area (Å²) in [5, 5.41) is 6.89. The van der Waals surface area contributed by atoms with Crippen molar-refractivity contribution in [2.24, 2.45) is 0 Å². The molecule has 0 bridgehead atoms. The normalized spacial score (nSPS) is 10.6. The van der Waals surface area contributed by atoms with Crippen LogP contribution < -0.4 is 10.1 Å². The average Bonchev–Trinajstić information content (AvgIpc) is 3.13. The molecule has 0 radical (unpaired) electrons. The van der Waals surface area contributed by atoms with E-state index in [9.17, 15) is 4.79 Å². The summed E-state index contributed by atoms with van der Waals surface area (Å²) in [5.74, 6) is 1.37. The van der Waals surface area contributed by atoms with Gasteiger partial charge in [0.2, 0.25) is 11.7 Å². The molecule has 0 spiro atoms. The molecule has 3 rings (SSSR count). The number of benzene rings is 2. The Labute approximate surface area is 158 Å². The Morgan fingerprint density at radius 3 is 2.44 bits per heavy atom. The van der Waals surface area contributed by atoms with Crippen molar-refractivity contribution < 1.29 is 14.1 Å². The van der Waals surface area contributed by atoms with E-state index in [1.54, 1.807) is 19.1 Å². The molecule has 2 aromatic carbocycles. The van der Waals surface area contributed by atoms with Crippen LogP contribution in [0.1, 0.15) is 30.9 Å². The molecule has 1 amide bonds. The Kier molecular flexibility index (Phi) is 5.86. The third-order valence-corrected chi connectivity index (χ3v) is 4.25. The third kappa shape index (κ3) is 4.53. The number of carbonyl (C=O) groups excluding carboxylic acids is 1. The number of anilines is 1. The average molecular weight is 365 g/mol. The zero-order valence-corrected chi connectivity index (χ0v) is 15.8. The second-order valence-electron chi connectivity index (χ2n) is 6.16. The van der Waals surface area contributed by atoms with Gasteiger partial charge in [0.05, 0.1) is 0 Å². The van der Waals surface area contributed by atoms with Gasteiger partial charge in [-0.2, -0.15) is 4.98 Å². The molecule has 1 heterocycles. The Morgan fingerprint density at radius 1 is 1.11 bits per heavy atom. The van der Waals surface area contributed by atoms with Gasteiger partial charge < -0.3 is 14.6 Å². The molecular formula is C21H23N3O3. The Hall–Kier alpha value is -3.15. The van der Waals surface area contributed by atoms with E-state index >= 15 is 0 Å². The highest BCUT2D eigenvalue weighted by Crippen LogP contribution is 2.23. The van der Waals surface area contributed by atoms with Crippen molar-refractivity contribution in [3.8, 4) is 17.1 Å². The highest BCUT2D eigenvalue weighted by molar-refractivity contribution is 5.93. The van der Waals surface area contributed by atoms with Crippen molar-refractivity contribution in [3.05, 3.63) is 59.5 Å². The van der Waals surface area contributed by atoms with Gasteiger partial charge in [-0.15, -0.1) is 0 Å². The number of carbonyl (C=O) groups is 1. The minimum absolute atomic E-state index is 0.0735. The van der Waals surface area contributed by atoms with Crippen LogP contribution in [0.5, 0.6) is 5.75 Å². The summed E-state index contributed by atoms with van der Waals surface area (Å²) in [6.07, 6.45) is 1.72. The first-order valence-corrected chi connectivity index (χ1v) is 9.04. The number of amides is 1. The van der Waals surface area contributed by atoms with Gasteiger partial charge in [0.15, 0.2) is 6.61 Å². The quantitative estimate of drug-likeness (QED) is 0.679. The predicted octanol–water partition coefficient (Wildman–Crippen LogP) is 4.19. The molecular weight excluding hydrogens is 342 g/mol. The second-order valence-corrected chi connectivity index (χ2v) is 6.16. The summed E-state index contributed by atoms with van der Waals surface area (Å²) >= 11 is 0. The van der Waals surface area contributed by atoms with Gasteiger partial charge in [0.25, 0.3) is 5.91 Å². The molecule has 1 N–H and O–H groups in total. The Balaban J connectivity index is 1.67. The summed E-state index contributed by atoms with van der Waals surface area (Å²) < 4.78 is 10.7. The highest BCUT2D eigenvalue weighted by atomic mass is 16.5. The van der Waals surface area contributed by atoms with E-state index in [4.69, 9.17) is 9.26 Å². The minimum Gasteiger partial charge on any atom is -0.484 e. The van der Waals surface area contributed by atoms with Gasteiger partial charge >= 0.3 is 0 Å². The van der Waals surface area contributed by atoms with Gasteiger partial charge in [-0.3, -0.25) is 4.79 Å². The maximum Gasteiger partial charge on any atom is 0.262 e. The fraction of sp³-hybridized carbons (Fsp3) is 0.286. The molecule has 140 valence electrons. The molecule has 1 aromatic heterocycles. The predicted molar refractivity (Wildman–Crippen MR) is 104 cm³/mol.